The number of benzene rings is 1. The Balaban J connectivity index is 2.65. The van der Waals surface area contributed by atoms with Crippen molar-refractivity contribution >= 4 is 23.2 Å². The van der Waals surface area contributed by atoms with Gasteiger partial charge < -0.3 is 0 Å². The van der Waals surface area contributed by atoms with E-state index in [1.54, 1.807) is 25.2 Å². The van der Waals surface area contributed by atoms with Gasteiger partial charge in [-0.05, 0) is 12.1 Å². The van der Waals surface area contributed by atoms with Crippen LogP contribution < -0.4 is 5.56 Å². The summed E-state index contributed by atoms with van der Waals surface area (Å²) in [5, 5.41) is 5.02. The summed E-state index contributed by atoms with van der Waals surface area (Å²) in [6.45, 7) is 0. The molecular weight excluding hydrogens is 247 g/mol. The highest BCUT2D eigenvalue weighted by Gasteiger charge is 2.08. The molecular formula is C11H8Cl2N2O. The molecule has 0 radical (unpaired) electrons. The van der Waals surface area contributed by atoms with Gasteiger partial charge in [-0.2, -0.15) is 5.10 Å². The summed E-state index contributed by atoms with van der Waals surface area (Å²) >= 11 is 11.8. The number of rotatable bonds is 1. The van der Waals surface area contributed by atoms with Crippen LogP contribution in [0.3, 0.4) is 0 Å². The monoisotopic (exact) mass is 254 g/mol. The Morgan fingerprint density at radius 2 is 2.00 bits per heavy atom. The van der Waals surface area contributed by atoms with Gasteiger partial charge in [0, 0.05) is 23.7 Å². The van der Waals surface area contributed by atoms with Gasteiger partial charge in [0.15, 0.2) is 0 Å². The maximum absolute atomic E-state index is 11.3. The summed E-state index contributed by atoms with van der Waals surface area (Å²) in [5.74, 6) is 0. The zero-order chi connectivity index (χ0) is 11.7. The SMILES string of the molecule is Cn1nc(-c2cccc(Cl)c2)c(Cl)cc1=O. The minimum Gasteiger partial charge on any atom is -0.268 e. The number of hydrogen-bond acceptors (Lipinski definition) is 2. The van der Waals surface area contributed by atoms with E-state index in [9.17, 15) is 4.79 Å². The fourth-order valence-electron chi connectivity index (χ4n) is 1.35. The van der Waals surface area contributed by atoms with Crippen molar-refractivity contribution in [2.45, 2.75) is 0 Å². The van der Waals surface area contributed by atoms with Crippen LogP contribution in [0.1, 0.15) is 0 Å². The fraction of sp³-hybridized carbons (Fsp3) is 0.0909. The Labute approximate surface area is 102 Å². The molecule has 0 bridgehead atoms. The van der Waals surface area contributed by atoms with E-state index in [4.69, 9.17) is 23.2 Å². The first-order chi connectivity index (χ1) is 7.58. The van der Waals surface area contributed by atoms with E-state index in [1.807, 2.05) is 6.07 Å². The molecule has 0 amide bonds. The largest absolute Gasteiger partial charge is 0.268 e. The molecule has 1 aromatic carbocycles. The van der Waals surface area contributed by atoms with Gasteiger partial charge in [-0.15, -0.1) is 0 Å². The molecule has 0 fully saturated rings. The average Bonchev–Trinajstić information content (AvgIpc) is 2.23. The summed E-state index contributed by atoms with van der Waals surface area (Å²) in [5.41, 5.74) is 1.09. The van der Waals surface area contributed by atoms with Crippen molar-refractivity contribution in [3.8, 4) is 11.3 Å². The molecule has 0 saturated heterocycles. The third-order valence-electron chi connectivity index (χ3n) is 2.14. The lowest BCUT2D eigenvalue weighted by molar-refractivity contribution is 0.712. The molecule has 16 heavy (non-hydrogen) atoms. The molecule has 0 aliphatic heterocycles. The Hall–Kier alpha value is -1.32. The van der Waals surface area contributed by atoms with Crippen LogP contribution >= 0.6 is 23.2 Å². The first-order valence-electron chi connectivity index (χ1n) is 4.58. The molecule has 0 atom stereocenters. The second-order valence-electron chi connectivity index (χ2n) is 3.31. The molecule has 1 aromatic heterocycles. The van der Waals surface area contributed by atoms with Crippen LogP contribution in [0.15, 0.2) is 35.1 Å². The predicted octanol–water partition coefficient (Wildman–Crippen LogP) is 2.75. The number of hydrogen-bond donors (Lipinski definition) is 0. The van der Waals surface area contributed by atoms with Crippen LogP contribution in [0.25, 0.3) is 11.3 Å². The number of halogens is 2. The lowest BCUT2D eigenvalue weighted by Gasteiger charge is -2.05. The zero-order valence-corrected chi connectivity index (χ0v) is 9.96. The van der Waals surface area contributed by atoms with Crippen LogP contribution in [0, 0.1) is 0 Å². The van der Waals surface area contributed by atoms with Gasteiger partial charge in [0.05, 0.1) is 5.02 Å². The topological polar surface area (TPSA) is 34.9 Å². The summed E-state index contributed by atoms with van der Waals surface area (Å²) < 4.78 is 1.24. The Bertz CT molecular complexity index is 593. The highest BCUT2D eigenvalue weighted by atomic mass is 35.5. The average molecular weight is 255 g/mol. The quantitative estimate of drug-likeness (QED) is 0.785. The lowest BCUT2D eigenvalue weighted by Crippen LogP contribution is -2.18. The number of aromatic nitrogens is 2. The van der Waals surface area contributed by atoms with E-state index in [-0.39, 0.29) is 5.56 Å². The Morgan fingerprint density at radius 3 is 2.69 bits per heavy atom. The molecule has 0 unspecified atom stereocenters. The molecule has 0 aliphatic rings. The van der Waals surface area contributed by atoms with Crippen molar-refractivity contribution in [2.24, 2.45) is 7.05 Å². The predicted molar refractivity (Wildman–Crippen MR) is 64.9 cm³/mol. The minimum atomic E-state index is -0.240. The van der Waals surface area contributed by atoms with Crippen molar-refractivity contribution < 1.29 is 0 Å². The van der Waals surface area contributed by atoms with Crippen LogP contribution in [-0.4, -0.2) is 9.78 Å². The second-order valence-corrected chi connectivity index (χ2v) is 4.16. The molecule has 5 heteroatoms. The summed E-state index contributed by atoms with van der Waals surface area (Å²) in [7, 11) is 1.58. The molecule has 0 aliphatic carbocycles. The van der Waals surface area contributed by atoms with Gasteiger partial charge in [-0.25, -0.2) is 4.68 Å². The zero-order valence-electron chi connectivity index (χ0n) is 8.45. The van der Waals surface area contributed by atoms with Gasteiger partial charge >= 0.3 is 0 Å². The summed E-state index contributed by atoms with van der Waals surface area (Å²) in [4.78, 5) is 11.3. The van der Waals surface area contributed by atoms with Gasteiger partial charge in [0.2, 0.25) is 0 Å². The van der Waals surface area contributed by atoms with Crippen molar-refractivity contribution in [2.75, 3.05) is 0 Å². The van der Waals surface area contributed by atoms with Crippen molar-refractivity contribution in [1.29, 1.82) is 0 Å². The van der Waals surface area contributed by atoms with Gasteiger partial charge in [0.1, 0.15) is 5.69 Å². The Kier molecular flexibility index (Phi) is 2.99. The van der Waals surface area contributed by atoms with Crippen molar-refractivity contribution in [1.82, 2.24) is 9.78 Å². The molecule has 0 saturated carbocycles. The normalized spacial score (nSPS) is 10.4. The highest BCUT2D eigenvalue weighted by Crippen LogP contribution is 2.25. The Morgan fingerprint density at radius 1 is 1.25 bits per heavy atom. The molecule has 3 nitrogen and oxygen atoms in total. The second kappa shape index (κ2) is 4.28. The third kappa shape index (κ3) is 2.10. The summed E-state index contributed by atoms with van der Waals surface area (Å²) in [6, 6.07) is 8.50. The van der Waals surface area contributed by atoms with Gasteiger partial charge in [-0.3, -0.25) is 4.79 Å². The van der Waals surface area contributed by atoms with E-state index < -0.39 is 0 Å². The first-order valence-corrected chi connectivity index (χ1v) is 5.33. The lowest BCUT2D eigenvalue weighted by atomic mass is 10.1. The standard InChI is InChI=1S/C11H8Cl2N2O/c1-15-10(16)6-9(13)11(14-15)7-3-2-4-8(12)5-7/h2-6H,1H3. The third-order valence-corrected chi connectivity index (χ3v) is 2.67. The maximum Gasteiger partial charge on any atom is 0.267 e. The minimum absolute atomic E-state index is 0.240. The molecule has 1 heterocycles. The molecule has 2 rings (SSSR count). The van der Waals surface area contributed by atoms with Crippen LogP contribution in [-0.2, 0) is 7.05 Å². The van der Waals surface area contributed by atoms with Crippen molar-refractivity contribution in [3.63, 3.8) is 0 Å². The molecule has 0 N–H and O–H groups in total. The van der Waals surface area contributed by atoms with Gasteiger partial charge in [0.25, 0.3) is 5.56 Å². The fourth-order valence-corrected chi connectivity index (χ4v) is 1.78. The number of aryl methyl sites for hydroxylation is 1. The van der Waals surface area contributed by atoms with E-state index in [2.05, 4.69) is 5.10 Å². The van der Waals surface area contributed by atoms with E-state index in [1.165, 1.54) is 10.7 Å². The van der Waals surface area contributed by atoms with Gasteiger partial charge in [-0.1, -0.05) is 35.3 Å². The smallest absolute Gasteiger partial charge is 0.267 e. The highest BCUT2D eigenvalue weighted by molar-refractivity contribution is 6.33. The van der Waals surface area contributed by atoms with E-state index >= 15 is 0 Å². The first kappa shape index (κ1) is 11.2. The van der Waals surface area contributed by atoms with Crippen LogP contribution in [0.5, 0.6) is 0 Å². The molecule has 82 valence electrons. The van der Waals surface area contributed by atoms with E-state index in [0.29, 0.717) is 15.7 Å². The van der Waals surface area contributed by atoms with Crippen LogP contribution in [0.4, 0.5) is 0 Å². The van der Waals surface area contributed by atoms with E-state index in [0.717, 1.165) is 5.56 Å². The molecule has 0 spiro atoms. The van der Waals surface area contributed by atoms with Crippen molar-refractivity contribution in [3.05, 3.63) is 50.7 Å². The summed E-state index contributed by atoms with van der Waals surface area (Å²) in [6.07, 6.45) is 0. The maximum atomic E-state index is 11.3. The molecule has 2 aromatic rings. The van der Waals surface area contributed by atoms with Crippen LogP contribution in [0.2, 0.25) is 10.0 Å². The number of nitrogens with zero attached hydrogens (tertiary/aromatic N) is 2.